The van der Waals surface area contributed by atoms with Crippen molar-refractivity contribution < 1.29 is 22.7 Å². The number of rotatable bonds is 14. The Balaban J connectivity index is 1.87. The van der Waals surface area contributed by atoms with Crippen LogP contribution in [-0.2, 0) is 32.6 Å². The highest BCUT2D eigenvalue weighted by molar-refractivity contribution is 7.92. The van der Waals surface area contributed by atoms with Crippen LogP contribution in [0.15, 0.2) is 84.9 Å². The second kappa shape index (κ2) is 14.5. The maximum absolute atomic E-state index is 13.8. The number of sulfonamides is 1. The van der Waals surface area contributed by atoms with Crippen molar-refractivity contribution in [1.29, 1.82) is 0 Å². The van der Waals surface area contributed by atoms with Crippen LogP contribution in [0.3, 0.4) is 0 Å². The fraction of sp³-hybridized carbons (Fsp3) is 0.355. The molecule has 40 heavy (non-hydrogen) atoms. The van der Waals surface area contributed by atoms with Gasteiger partial charge < -0.3 is 15.0 Å². The third-order valence-electron chi connectivity index (χ3n) is 6.40. The minimum atomic E-state index is -3.64. The van der Waals surface area contributed by atoms with Crippen LogP contribution >= 0.6 is 0 Å². The van der Waals surface area contributed by atoms with E-state index in [4.69, 9.17) is 4.74 Å². The average Bonchev–Trinajstić information content (AvgIpc) is 2.93. The lowest BCUT2D eigenvalue weighted by Crippen LogP contribution is -2.51. The fourth-order valence-electron chi connectivity index (χ4n) is 4.53. The average molecular weight is 566 g/mol. The molecule has 0 aromatic heterocycles. The van der Waals surface area contributed by atoms with Crippen LogP contribution in [0.5, 0.6) is 5.75 Å². The zero-order chi connectivity index (χ0) is 29.1. The van der Waals surface area contributed by atoms with Crippen LogP contribution in [0.4, 0.5) is 5.69 Å². The molecular formula is C31H39N3O5S. The predicted octanol–water partition coefficient (Wildman–Crippen LogP) is 4.41. The first kappa shape index (κ1) is 30.7. The van der Waals surface area contributed by atoms with Crippen molar-refractivity contribution in [2.75, 3.05) is 24.2 Å². The number of nitrogens with one attached hydrogen (secondary N) is 1. The molecule has 0 spiro atoms. The number of hydrogen-bond acceptors (Lipinski definition) is 5. The topological polar surface area (TPSA) is 96.0 Å². The van der Waals surface area contributed by atoms with E-state index in [9.17, 15) is 18.0 Å². The summed E-state index contributed by atoms with van der Waals surface area (Å²) in [5, 5.41) is 2.98. The molecule has 0 fully saturated rings. The van der Waals surface area contributed by atoms with E-state index in [2.05, 4.69) is 5.32 Å². The van der Waals surface area contributed by atoms with Crippen LogP contribution in [0.1, 0.15) is 37.8 Å². The number of nitrogens with zero attached hydrogens (tertiary/aromatic N) is 2. The van der Waals surface area contributed by atoms with Gasteiger partial charge in [0, 0.05) is 32.0 Å². The summed E-state index contributed by atoms with van der Waals surface area (Å²) in [7, 11) is -2.15. The van der Waals surface area contributed by atoms with Crippen LogP contribution in [0.2, 0.25) is 0 Å². The summed E-state index contributed by atoms with van der Waals surface area (Å²) in [5.41, 5.74) is 2.26. The van der Waals surface area contributed by atoms with E-state index in [1.165, 1.54) is 11.4 Å². The second-order valence-electron chi connectivity index (χ2n) is 9.99. The first-order chi connectivity index (χ1) is 19.1. The minimum Gasteiger partial charge on any atom is -0.495 e. The molecule has 3 aromatic carbocycles. The Labute approximate surface area is 238 Å². The molecule has 1 atom stereocenters. The van der Waals surface area contributed by atoms with Crippen LogP contribution in [-0.4, -0.2) is 57.1 Å². The summed E-state index contributed by atoms with van der Waals surface area (Å²) >= 11 is 0. The zero-order valence-electron chi connectivity index (χ0n) is 23.6. The van der Waals surface area contributed by atoms with Crippen molar-refractivity contribution in [3.05, 3.63) is 96.1 Å². The number of anilines is 1. The number of benzene rings is 3. The quantitative estimate of drug-likeness (QED) is 0.313. The molecule has 0 saturated heterocycles. The number of ether oxygens (including phenoxy) is 1. The van der Waals surface area contributed by atoms with Crippen molar-refractivity contribution in [3.63, 3.8) is 0 Å². The van der Waals surface area contributed by atoms with E-state index in [0.717, 1.165) is 17.4 Å². The molecule has 0 saturated carbocycles. The highest BCUT2D eigenvalue weighted by Gasteiger charge is 2.31. The Hall–Kier alpha value is -3.85. The van der Waals surface area contributed by atoms with Crippen LogP contribution in [0, 0.1) is 0 Å². The number of amides is 2. The summed E-state index contributed by atoms with van der Waals surface area (Å²) in [5.74, 6) is -0.0228. The van der Waals surface area contributed by atoms with Crippen molar-refractivity contribution in [3.8, 4) is 5.75 Å². The molecular weight excluding hydrogens is 526 g/mol. The van der Waals surface area contributed by atoms with Crippen LogP contribution < -0.4 is 14.4 Å². The van der Waals surface area contributed by atoms with E-state index in [1.807, 2.05) is 74.5 Å². The van der Waals surface area contributed by atoms with Gasteiger partial charge in [0.2, 0.25) is 21.8 Å². The van der Waals surface area contributed by atoms with Crippen molar-refractivity contribution in [2.24, 2.45) is 0 Å². The summed E-state index contributed by atoms with van der Waals surface area (Å²) < 4.78 is 32.0. The van der Waals surface area contributed by atoms with Crippen molar-refractivity contribution >= 4 is 27.5 Å². The molecule has 0 radical (unpaired) electrons. The first-order valence-electron chi connectivity index (χ1n) is 13.4. The lowest BCUT2D eigenvalue weighted by molar-refractivity contribution is -0.141. The smallest absolute Gasteiger partial charge is 0.243 e. The van der Waals surface area contributed by atoms with Crippen LogP contribution in [0.25, 0.3) is 0 Å². The summed E-state index contributed by atoms with van der Waals surface area (Å²) in [6, 6.07) is 25.2. The predicted molar refractivity (Wildman–Crippen MR) is 159 cm³/mol. The Morgan fingerprint density at radius 2 is 1.45 bits per heavy atom. The zero-order valence-corrected chi connectivity index (χ0v) is 24.4. The van der Waals surface area contributed by atoms with Gasteiger partial charge in [0.1, 0.15) is 11.8 Å². The lowest BCUT2D eigenvalue weighted by Gasteiger charge is -2.32. The van der Waals surface area contributed by atoms with Gasteiger partial charge in [-0.3, -0.25) is 13.9 Å². The van der Waals surface area contributed by atoms with Crippen molar-refractivity contribution in [2.45, 2.75) is 51.7 Å². The molecule has 1 unspecified atom stereocenters. The van der Waals surface area contributed by atoms with Gasteiger partial charge in [-0.2, -0.15) is 0 Å². The van der Waals surface area contributed by atoms with Gasteiger partial charge in [-0.15, -0.1) is 0 Å². The van der Waals surface area contributed by atoms with Gasteiger partial charge in [0.05, 0.1) is 19.1 Å². The molecule has 3 aromatic rings. The number of hydrogen-bond donors (Lipinski definition) is 1. The van der Waals surface area contributed by atoms with Gasteiger partial charge in [-0.25, -0.2) is 8.42 Å². The number of carbonyl (C=O) groups excluding carboxylic acids is 2. The third kappa shape index (κ3) is 8.84. The number of para-hydroxylation sites is 2. The Morgan fingerprint density at radius 3 is 2.02 bits per heavy atom. The van der Waals surface area contributed by atoms with E-state index in [1.54, 1.807) is 29.2 Å². The highest BCUT2D eigenvalue weighted by atomic mass is 32.2. The van der Waals surface area contributed by atoms with Gasteiger partial charge in [-0.05, 0) is 43.5 Å². The number of methoxy groups -OCH3 is 1. The maximum atomic E-state index is 13.8. The molecule has 1 N–H and O–H groups in total. The van der Waals surface area contributed by atoms with Gasteiger partial charge in [0.15, 0.2) is 0 Å². The molecule has 0 aliphatic rings. The molecule has 2 amide bonds. The lowest BCUT2D eigenvalue weighted by atomic mass is 10.0. The second-order valence-corrected chi connectivity index (χ2v) is 11.9. The normalized spacial score (nSPS) is 12.0. The van der Waals surface area contributed by atoms with Gasteiger partial charge >= 0.3 is 0 Å². The van der Waals surface area contributed by atoms with E-state index >= 15 is 0 Å². The summed E-state index contributed by atoms with van der Waals surface area (Å²) in [6.07, 6.45) is 1.82. The minimum absolute atomic E-state index is 0.0637. The molecule has 0 bridgehead atoms. The molecule has 0 aliphatic carbocycles. The third-order valence-corrected chi connectivity index (χ3v) is 7.58. The van der Waals surface area contributed by atoms with Gasteiger partial charge in [-0.1, -0.05) is 72.8 Å². The van der Waals surface area contributed by atoms with E-state index in [0.29, 0.717) is 17.9 Å². The Kier molecular flexibility index (Phi) is 11.1. The van der Waals surface area contributed by atoms with Crippen molar-refractivity contribution in [1.82, 2.24) is 10.2 Å². The first-order valence-corrected chi connectivity index (χ1v) is 15.2. The Morgan fingerprint density at radius 1 is 0.875 bits per heavy atom. The Bertz CT molecular complexity index is 1350. The molecule has 214 valence electrons. The largest absolute Gasteiger partial charge is 0.495 e. The van der Waals surface area contributed by atoms with E-state index in [-0.39, 0.29) is 43.8 Å². The molecule has 8 nitrogen and oxygen atoms in total. The highest BCUT2D eigenvalue weighted by Crippen LogP contribution is 2.30. The number of carbonyl (C=O) groups is 2. The molecule has 9 heteroatoms. The molecule has 0 heterocycles. The standard InChI is InChI=1S/C31H39N3O5S/c1-24(2)32-31(36)28(22-25-14-7-5-8-15-25)33(23-26-16-9-6-10-17-26)30(35)20-13-21-34(40(4,37)38)27-18-11-12-19-29(27)39-3/h5-12,14-19,24,28H,13,20-23H2,1-4H3,(H,32,36). The summed E-state index contributed by atoms with van der Waals surface area (Å²) in [6.45, 7) is 4.12. The maximum Gasteiger partial charge on any atom is 0.243 e. The fourth-order valence-corrected chi connectivity index (χ4v) is 5.50. The monoisotopic (exact) mass is 565 g/mol. The molecule has 0 aliphatic heterocycles. The molecule has 3 rings (SSSR count). The SMILES string of the molecule is COc1ccccc1N(CCCC(=O)N(Cc1ccccc1)C(Cc1ccccc1)C(=O)NC(C)C)S(C)(=O)=O. The van der Waals surface area contributed by atoms with E-state index < -0.39 is 16.1 Å². The summed E-state index contributed by atoms with van der Waals surface area (Å²) in [4.78, 5) is 28.9. The van der Waals surface area contributed by atoms with Gasteiger partial charge in [0.25, 0.3) is 0 Å².